The van der Waals surface area contributed by atoms with E-state index in [2.05, 4.69) is 20.8 Å². The maximum atomic E-state index is 13.0. The smallest absolute Gasteiger partial charge is 0.255 e. The Morgan fingerprint density at radius 3 is 2.58 bits per heavy atom. The van der Waals surface area contributed by atoms with Crippen LogP contribution in [-0.2, 0) is 10.0 Å². The molecule has 2 aliphatic rings. The molecule has 2 fully saturated rings. The van der Waals surface area contributed by atoms with Gasteiger partial charge in [0.25, 0.3) is 5.91 Å². The van der Waals surface area contributed by atoms with Crippen LogP contribution >= 0.6 is 15.9 Å². The zero-order valence-electron chi connectivity index (χ0n) is 13.4. The third-order valence-electron chi connectivity index (χ3n) is 4.80. The number of likely N-dealkylation sites (tertiary alicyclic amines) is 2. The Hall–Kier alpha value is -0.960. The summed E-state index contributed by atoms with van der Waals surface area (Å²) in [5.41, 5.74) is 0.356. The van der Waals surface area contributed by atoms with Crippen LogP contribution < -0.4 is 5.14 Å². The molecule has 0 radical (unpaired) electrons. The van der Waals surface area contributed by atoms with Crippen molar-refractivity contribution in [1.29, 1.82) is 0 Å². The van der Waals surface area contributed by atoms with E-state index in [1.165, 1.54) is 25.0 Å². The molecule has 1 amide bonds. The van der Waals surface area contributed by atoms with Crippen LogP contribution in [-0.4, -0.2) is 56.3 Å². The van der Waals surface area contributed by atoms with Gasteiger partial charge in [-0.2, -0.15) is 0 Å². The Balaban J connectivity index is 1.82. The molecule has 2 saturated heterocycles. The summed E-state index contributed by atoms with van der Waals surface area (Å²) in [7, 11) is -3.83. The van der Waals surface area contributed by atoms with E-state index < -0.39 is 10.0 Å². The second-order valence-corrected chi connectivity index (χ2v) is 8.90. The molecule has 0 saturated carbocycles. The molecule has 2 N–H and O–H groups in total. The van der Waals surface area contributed by atoms with Crippen molar-refractivity contribution >= 4 is 31.9 Å². The Bertz CT molecular complexity index is 732. The second kappa shape index (κ2) is 7.11. The summed E-state index contributed by atoms with van der Waals surface area (Å²) in [6, 6.07) is 4.54. The fourth-order valence-corrected chi connectivity index (χ4v) is 4.51. The summed E-state index contributed by atoms with van der Waals surface area (Å²) >= 11 is 3.36. The van der Waals surface area contributed by atoms with Crippen LogP contribution in [0.15, 0.2) is 27.6 Å². The van der Waals surface area contributed by atoms with Crippen molar-refractivity contribution in [2.75, 3.05) is 26.2 Å². The fraction of sp³-hybridized carbons (Fsp3) is 0.562. The Kier molecular flexibility index (Phi) is 5.29. The summed E-state index contributed by atoms with van der Waals surface area (Å²) in [4.78, 5) is 17.2. The summed E-state index contributed by atoms with van der Waals surface area (Å²) in [5, 5.41) is 5.19. The van der Waals surface area contributed by atoms with Gasteiger partial charge in [0.15, 0.2) is 0 Å². The highest BCUT2D eigenvalue weighted by Gasteiger charge is 2.32. The Labute approximate surface area is 151 Å². The summed E-state index contributed by atoms with van der Waals surface area (Å²) in [5.74, 6) is -0.130. The highest BCUT2D eigenvalue weighted by atomic mass is 79.9. The SMILES string of the molecule is NS(=O)(=O)c1ccc(Br)c(C(=O)N2CCCC2CN2CCCC2)c1. The van der Waals surface area contributed by atoms with Crippen LogP contribution in [0.1, 0.15) is 36.0 Å². The molecule has 24 heavy (non-hydrogen) atoms. The molecule has 0 spiro atoms. The van der Waals surface area contributed by atoms with Gasteiger partial charge >= 0.3 is 0 Å². The van der Waals surface area contributed by atoms with Gasteiger partial charge in [-0.05, 0) is 72.9 Å². The van der Waals surface area contributed by atoms with E-state index in [1.807, 2.05) is 4.90 Å². The molecular formula is C16H22BrN3O3S. The molecule has 1 aromatic carbocycles. The molecule has 6 nitrogen and oxygen atoms in total. The summed E-state index contributed by atoms with van der Waals surface area (Å²) in [6.07, 6.45) is 4.43. The van der Waals surface area contributed by atoms with Crippen LogP contribution in [0.5, 0.6) is 0 Å². The normalized spacial score (nSPS) is 22.2. The standard InChI is InChI=1S/C16H22BrN3O3S/c17-15-6-5-13(24(18,22)23)10-14(15)16(21)20-9-3-4-12(20)11-19-7-1-2-8-19/h5-6,10,12H,1-4,7-9,11H2,(H2,18,22,23). The molecule has 1 aromatic rings. The zero-order valence-corrected chi connectivity index (χ0v) is 15.9. The van der Waals surface area contributed by atoms with Crippen molar-refractivity contribution in [2.24, 2.45) is 5.14 Å². The molecule has 1 unspecified atom stereocenters. The van der Waals surface area contributed by atoms with Gasteiger partial charge < -0.3 is 9.80 Å². The molecular weight excluding hydrogens is 394 g/mol. The second-order valence-electron chi connectivity index (χ2n) is 6.49. The first-order valence-electron chi connectivity index (χ1n) is 8.22. The molecule has 132 valence electrons. The number of carbonyl (C=O) groups is 1. The Morgan fingerprint density at radius 1 is 1.21 bits per heavy atom. The van der Waals surface area contributed by atoms with Gasteiger partial charge in [0.1, 0.15) is 0 Å². The van der Waals surface area contributed by atoms with Gasteiger partial charge in [-0.1, -0.05) is 0 Å². The Morgan fingerprint density at radius 2 is 1.92 bits per heavy atom. The first-order chi connectivity index (χ1) is 11.4. The molecule has 0 bridgehead atoms. The molecule has 2 heterocycles. The number of hydrogen-bond acceptors (Lipinski definition) is 4. The first-order valence-corrected chi connectivity index (χ1v) is 10.6. The van der Waals surface area contributed by atoms with Crippen LogP contribution in [0.2, 0.25) is 0 Å². The fourth-order valence-electron chi connectivity index (χ4n) is 3.56. The number of primary sulfonamides is 1. The number of benzene rings is 1. The first kappa shape index (κ1) is 17.8. The largest absolute Gasteiger partial charge is 0.334 e. The molecule has 1 atom stereocenters. The van der Waals surface area contributed by atoms with Gasteiger partial charge in [0.05, 0.1) is 10.5 Å². The molecule has 3 rings (SSSR count). The van der Waals surface area contributed by atoms with Gasteiger partial charge in [-0.3, -0.25) is 4.79 Å². The predicted octanol–water partition coefficient (Wildman–Crippen LogP) is 1.80. The number of nitrogens with two attached hydrogens (primary N) is 1. The lowest BCUT2D eigenvalue weighted by molar-refractivity contribution is 0.0707. The number of amides is 1. The van der Waals surface area contributed by atoms with Crippen LogP contribution in [0.25, 0.3) is 0 Å². The monoisotopic (exact) mass is 415 g/mol. The zero-order chi connectivity index (χ0) is 17.3. The van der Waals surface area contributed by atoms with E-state index in [-0.39, 0.29) is 16.8 Å². The molecule has 0 aromatic heterocycles. The quantitative estimate of drug-likeness (QED) is 0.812. The van der Waals surface area contributed by atoms with Crippen molar-refractivity contribution < 1.29 is 13.2 Å². The lowest BCUT2D eigenvalue weighted by Gasteiger charge is -2.29. The molecule has 2 aliphatic heterocycles. The third kappa shape index (κ3) is 3.82. The number of carbonyl (C=O) groups excluding carboxylic acids is 1. The van der Waals surface area contributed by atoms with Gasteiger partial charge in [0.2, 0.25) is 10.0 Å². The van der Waals surface area contributed by atoms with E-state index >= 15 is 0 Å². The van der Waals surface area contributed by atoms with Crippen LogP contribution in [0, 0.1) is 0 Å². The topological polar surface area (TPSA) is 83.7 Å². The predicted molar refractivity (Wildman–Crippen MR) is 95.2 cm³/mol. The van der Waals surface area contributed by atoms with Gasteiger partial charge in [-0.15, -0.1) is 0 Å². The summed E-state index contributed by atoms with van der Waals surface area (Å²) < 4.78 is 23.7. The van der Waals surface area contributed by atoms with E-state index in [4.69, 9.17) is 5.14 Å². The lowest BCUT2D eigenvalue weighted by Crippen LogP contribution is -2.42. The average molecular weight is 416 g/mol. The average Bonchev–Trinajstić information content (AvgIpc) is 3.18. The van der Waals surface area contributed by atoms with E-state index in [0.717, 1.165) is 32.5 Å². The van der Waals surface area contributed by atoms with Crippen molar-refractivity contribution in [3.63, 3.8) is 0 Å². The van der Waals surface area contributed by atoms with Crippen LogP contribution in [0.3, 0.4) is 0 Å². The van der Waals surface area contributed by atoms with E-state index in [1.54, 1.807) is 6.07 Å². The number of sulfonamides is 1. The number of rotatable bonds is 4. The van der Waals surface area contributed by atoms with Crippen molar-refractivity contribution in [3.05, 3.63) is 28.2 Å². The number of hydrogen-bond donors (Lipinski definition) is 1. The van der Waals surface area contributed by atoms with Gasteiger partial charge in [-0.25, -0.2) is 13.6 Å². The third-order valence-corrected chi connectivity index (χ3v) is 6.40. The minimum Gasteiger partial charge on any atom is -0.334 e. The number of halogens is 1. The number of nitrogens with zero attached hydrogens (tertiary/aromatic N) is 2. The van der Waals surface area contributed by atoms with Crippen molar-refractivity contribution in [1.82, 2.24) is 9.80 Å². The maximum absolute atomic E-state index is 13.0. The van der Waals surface area contributed by atoms with E-state index in [0.29, 0.717) is 16.6 Å². The highest BCUT2D eigenvalue weighted by molar-refractivity contribution is 9.10. The molecule has 8 heteroatoms. The maximum Gasteiger partial charge on any atom is 0.255 e. The van der Waals surface area contributed by atoms with E-state index in [9.17, 15) is 13.2 Å². The lowest BCUT2D eigenvalue weighted by atomic mass is 10.1. The van der Waals surface area contributed by atoms with Crippen LogP contribution in [0.4, 0.5) is 0 Å². The summed E-state index contributed by atoms with van der Waals surface area (Å²) in [6.45, 7) is 3.81. The minimum absolute atomic E-state index is 0.0376. The van der Waals surface area contributed by atoms with Crippen molar-refractivity contribution in [3.8, 4) is 0 Å². The molecule has 0 aliphatic carbocycles. The van der Waals surface area contributed by atoms with Crippen molar-refractivity contribution in [2.45, 2.75) is 36.6 Å². The highest BCUT2D eigenvalue weighted by Crippen LogP contribution is 2.27. The minimum atomic E-state index is -3.83. The van der Waals surface area contributed by atoms with Gasteiger partial charge in [0, 0.05) is 23.6 Å².